The van der Waals surface area contributed by atoms with Crippen LogP contribution in [0.25, 0.3) is 16.9 Å². The number of hydrogen-bond donors (Lipinski definition) is 0. The molecule has 10 heteroatoms. The largest absolute Gasteiger partial charge is 0.466 e. The number of ether oxygens (including phenoxy) is 1. The number of esters is 1. The zero-order valence-electron chi connectivity index (χ0n) is 17.3. The molecule has 1 fully saturated rings. The van der Waals surface area contributed by atoms with E-state index in [1.54, 1.807) is 37.3 Å². The third-order valence-electron chi connectivity index (χ3n) is 5.46. The van der Waals surface area contributed by atoms with Crippen molar-refractivity contribution in [3.05, 3.63) is 53.9 Å². The summed E-state index contributed by atoms with van der Waals surface area (Å²) in [6.45, 7) is 2.61. The summed E-state index contributed by atoms with van der Waals surface area (Å²) in [7, 11) is 0. The van der Waals surface area contributed by atoms with E-state index in [9.17, 15) is 22.8 Å². The van der Waals surface area contributed by atoms with Crippen LogP contribution < -0.4 is 0 Å². The molecular formula is C22H21F3N4O3. The number of amides is 1. The van der Waals surface area contributed by atoms with E-state index < -0.39 is 17.8 Å². The standard InChI is InChI=1S/C22H21F3N4O3/c1-2-32-21(31)15-8-10-28(11-9-15)20(30)16-13-26-29-18(22(23,24)25)12-17(27-19(16)29)14-6-4-3-5-7-14/h3-7,12-13,15H,2,8-11H2,1H3. The van der Waals surface area contributed by atoms with Crippen LogP contribution in [0.15, 0.2) is 42.6 Å². The fourth-order valence-electron chi connectivity index (χ4n) is 3.82. The number of rotatable bonds is 4. The highest BCUT2D eigenvalue weighted by Crippen LogP contribution is 2.33. The molecule has 1 aliphatic rings. The van der Waals surface area contributed by atoms with Crippen LogP contribution in [0.1, 0.15) is 35.8 Å². The number of fused-ring (bicyclic) bond motifs is 1. The summed E-state index contributed by atoms with van der Waals surface area (Å²) in [5.41, 5.74) is -0.586. The molecule has 2 aromatic heterocycles. The Morgan fingerprint density at radius 3 is 2.47 bits per heavy atom. The lowest BCUT2D eigenvalue weighted by molar-refractivity contribution is -0.149. The third kappa shape index (κ3) is 4.17. The van der Waals surface area contributed by atoms with Crippen molar-refractivity contribution in [2.45, 2.75) is 25.9 Å². The molecule has 1 aliphatic heterocycles. The van der Waals surface area contributed by atoms with E-state index >= 15 is 0 Å². The molecule has 1 saturated heterocycles. The maximum Gasteiger partial charge on any atom is 0.433 e. The van der Waals surface area contributed by atoms with Gasteiger partial charge in [0.1, 0.15) is 5.56 Å². The van der Waals surface area contributed by atoms with Crippen LogP contribution in [-0.2, 0) is 15.7 Å². The first-order chi connectivity index (χ1) is 15.3. The molecule has 0 bridgehead atoms. The highest BCUT2D eigenvalue weighted by molar-refractivity contribution is 6.00. The molecule has 0 N–H and O–H groups in total. The predicted molar refractivity (Wildman–Crippen MR) is 109 cm³/mol. The minimum atomic E-state index is -4.69. The fraction of sp³-hybridized carbons (Fsp3) is 0.364. The third-order valence-corrected chi connectivity index (χ3v) is 5.46. The quantitative estimate of drug-likeness (QED) is 0.570. The molecule has 1 amide bonds. The Hall–Kier alpha value is -3.43. The van der Waals surface area contributed by atoms with Crippen LogP contribution in [0.5, 0.6) is 0 Å². The molecule has 3 heterocycles. The van der Waals surface area contributed by atoms with Gasteiger partial charge in [-0.25, -0.2) is 9.50 Å². The number of aromatic nitrogens is 3. The Morgan fingerprint density at radius 1 is 1.16 bits per heavy atom. The lowest BCUT2D eigenvalue weighted by atomic mass is 9.96. The van der Waals surface area contributed by atoms with Crippen molar-refractivity contribution in [3.8, 4) is 11.3 Å². The van der Waals surface area contributed by atoms with Gasteiger partial charge in [0, 0.05) is 18.7 Å². The highest BCUT2D eigenvalue weighted by Gasteiger charge is 2.37. The van der Waals surface area contributed by atoms with Gasteiger partial charge in [0.05, 0.1) is 24.4 Å². The Balaban J connectivity index is 1.68. The lowest BCUT2D eigenvalue weighted by Crippen LogP contribution is -2.40. The van der Waals surface area contributed by atoms with Crippen LogP contribution in [-0.4, -0.2) is 51.1 Å². The van der Waals surface area contributed by atoms with E-state index in [2.05, 4.69) is 10.1 Å². The predicted octanol–water partition coefficient (Wildman–Crippen LogP) is 3.83. The zero-order valence-corrected chi connectivity index (χ0v) is 17.3. The van der Waals surface area contributed by atoms with E-state index in [0.717, 1.165) is 12.3 Å². The first-order valence-electron chi connectivity index (χ1n) is 10.3. The summed E-state index contributed by atoms with van der Waals surface area (Å²) in [5.74, 6) is -1.05. The second kappa shape index (κ2) is 8.60. The van der Waals surface area contributed by atoms with Gasteiger partial charge in [-0.1, -0.05) is 30.3 Å². The Kier molecular flexibility index (Phi) is 5.86. The van der Waals surface area contributed by atoms with Gasteiger partial charge in [-0.3, -0.25) is 9.59 Å². The van der Waals surface area contributed by atoms with Gasteiger partial charge in [-0.15, -0.1) is 0 Å². The molecule has 0 spiro atoms. The van der Waals surface area contributed by atoms with Crippen molar-refractivity contribution in [2.24, 2.45) is 5.92 Å². The number of carbonyl (C=O) groups excluding carboxylic acids is 2. The number of likely N-dealkylation sites (tertiary alicyclic amines) is 1. The number of piperidine rings is 1. The normalized spacial score (nSPS) is 15.2. The van der Waals surface area contributed by atoms with Crippen molar-refractivity contribution in [1.82, 2.24) is 19.5 Å². The van der Waals surface area contributed by atoms with Gasteiger partial charge >= 0.3 is 12.1 Å². The molecule has 168 valence electrons. The summed E-state index contributed by atoms with van der Waals surface area (Å²) in [6.07, 6.45) is -2.71. The van der Waals surface area contributed by atoms with Gasteiger partial charge < -0.3 is 9.64 Å². The van der Waals surface area contributed by atoms with Gasteiger partial charge in [0.15, 0.2) is 11.3 Å². The number of carbonyl (C=O) groups is 2. The maximum absolute atomic E-state index is 13.7. The van der Waals surface area contributed by atoms with Crippen LogP contribution in [0.4, 0.5) is 13.2 Å². The van der Waals surface area contributed by atoms with Crippen molar-refractivity contribution >= 4 is 17.5 Å². The lowest BCUT2D eigenvalue weighted by Gasteiger charge is -2.30. The molecule has 0 unspecified atom stereocenters. The number of benzene rings is 1. The molecule has 1 aromatic carbocycles. The maximum atomic E-state index is 13.7. The highest BCUT2D eigenvalue weighted by atomic mass is 19.4. The van der Waals surface area contributed by atoms with Crippen molar-refractivity contribution in [2.75, 3.05) is 19.7 Å². The number of halogens is 3. The molecule has 32 heavy (non-hydrogen) atoms. The van der Waals surface area contributed by atoms with Gasteiger partial charge in [-0.05, 0) is 25.8 Å². The molecule has 3 aromatic rings. The van der Waals surface area contributed by atoms with Crippen LogP contribution >= 0.6 is 0 Å². The molecule has 7 nitrogen and oxygen atoms in total. The van der Waals surface area contributed by atoms with Crippen molar-refractivity contribution in [1.29, 1.82) is 0 Å². The van der Waals surface area contributed by atoms with Crippen LogP contribution in [0, 0.1) is 5.92 Å². The smallest absolute Gasteiger partial charge is 0.433 e. The monoisotopic (exact) mass is 446 g/mol. The average Bonchev–Trinajstić information content (AvgIpc) is 3.22. The molecule has 0 atom stereocenters. The second-order valence-electron chi connectivity index (χ2n) is 7.50. The van der Waals surface area contributed by atoms with Crippen molar-refractivity contribution in [3.63, 3.8) is 0 Å². The van der Waals surface area contributed by atoms with Crippen molar-refractivity contribution < 1.29 is 27.5 Å². The SMILES string of the molecule is CCOC(=O)C1CCN(C(=O)c2cnn3c(C(F)(F)F)cc(-c4ccccc4)nc23)CC1. The molecule has 0 saturated carbocycles. The zero-order chi connectivity index (χ0) is 22.9. The van der Waals surface area contributed by atoms with E-state index in [4.69, 9.17) is 4.74 Å². The molecule has 0 aliphatic carbocycles. The average molecular weight is 446 g/mol. The first kappa shape index (κ1) is 21.8. The summed E-state index contributed by atoms with van der Waals surface area (Å²) >= 11 is 0. The summed E-state index contributed by atoms with van der Waals surface area (Å²) < 4.78 is 46.9. The van der Waals surface area contributed by atoms with Crippen LogP contribution in [0.2, 0.25) is 0 Å². The van der Waals surface area contributed by atoms with E-state index in [-0.39, 0.29) is 35.4 Å². The Labute approximate surface area is 181 Å². The topological polar surface area (TPSA) is 76.8 Å². The minimum Gasteiger partial charge on any atom is -0.466 e. The molecule has 0 radical (unpaired) electrons. The Morgan fingerprint density at radius 2 is 1.84 bits per heavy atom. The van der Waals surface area contributed by atoms with Gasteiger partial charge in [-0.2, -0.15) is 18.3 Å². The van der Waals surface area contributed by atoms with Gasteiger partial charge in [0.25, 0.3) is 5.91 Å². The van der Waals surface area contributed by atoms with E-state index in [0.29, 0.717) is 36.0 Å². The second-order valence-corrected chi connectivity index (χ2v) is 7.50. The summed E-state index contributed by atoms with van der Waals surface area (Å²) in [4.78, 5) is 30.9. The summed E-state index contributed by atoms with van der Waals surface area (Å²) in [5, 5.41) is 3.82. The van der Waals surface area contributed by atoms with Crippen LogP contribution in [0.3, 0.4) is 0 Å². The summed E-state index contributed by atoms with van der Waals surface area (Å²) in [6, 6.07) is 9.37. The Bertz CT molecular complexity index is 1140. The number of nitrogens with zero attached hydrogens (tertiary/aromatic N) is 4. The molecular weight excluding hydrogens is 425 g/mol. The van der Waals surface area contributed by atoms with Gasteiger partial charge in [0.2, 0.25) is 0 Å². The fourth-order valence-corrected chi connectivity index (χ4v) is 3.82. The minimum absolute atomic E-state index is 0.0112. The number of hydrogen-bond acceptors (Lipinski definition) is 5. The van der Waals surface area contributed by atoms with E-state index in [1.165, 1.54) is 4.90 Å². The van der Waals surface area contributed by atoms with E-state index in [1.807, 2.05) is 0 Å². The number of alkyl halides is 3. The molecule has 4 rings (SSSR count). The first-order valence-corrected chi connectivity index (χ1v) is 10.3.